The molecule has 8 nitrogen and oxygen atoms in total. The van der Waals surface area contributed by atoms with Crippen LogP contribution in [0, 0.1) is 13.8 Å². The average Bonchev–Trinajstić information content (AvgIpc) is 3.41. The number of hydrogen-bond donors (Lipinski definition) is 0. The van der Waals surface area contributed by atoms with Crippen LogP contribution in [0.2, 0.25) is 0 Å². The minimum atomic E-state index is -0.686. The van der Waals surface area contributed by atoms with E-state index in [1.165, 1.54) is 11.3 Å². The molecule has 3 aromatic heterocycles. The van der Waals surface area contributed by atoms with Gasteiger partial charge in [-0.3, -0.25) is 14.3 Å². The number of allylic oxidation sites excluding steroid dienone is 1. The second-order valence-electron chi connectivity index (χ2n) is 9.34. The Morgan fingerprint density at radius 3 is 2.62 bits per heavy atom. The number of hydrogen-bond acceptors (Lipinski definition) is 7. The lowest BCUT2D eigenvalue weighted by Crippen LogP contribution is -2.39. The molecular weight excluding hydrogens is 524 g/mol. The van der Waals surface area contributed by atoms with E-state index in [9.17, 15) is 9.59 Å². The predicted molar refractivity (Wildman–Crippen MR) is 156 cm³/mol. The van der Waals surface area contributed by atoms with Gasteiger partial charge < -0.3 is 14.0 Å². The van der Waals surface area contributed by atoms with Crippen molar-refractivity contribution in [2.45, 2.75) is 33.7 Å². The van der Waals surface area contributed by atoms with Gasteiger partial charge in [0.2, 0.25) is 0 Å². The second kappa shape index (κ2) is 11.3. The summed E-state index contributed by atoms with van der Waals surface area (Å²) in [7, 11) is 0. The molecule has 1 atom stereocenters. The van der Waals surface area contributed by atoms with E-state index >= 15 is 0 Å². The number of rotatable bonds is 8. The van der Waals surface area contributed by atoms with Crippen LogP contribution in [0.1, 0.15) is 42.4 Å². The highest BCUT2D eigenvalue weighted by Crippen LogP contribution is 2.31. The van der Waals surface area contributed by atoms with Gasteiger partial charge in [-0.05, 0) is 75.2 Å². The molecule has 0 bridgehead atoms. The molecule has 0 amide bonds. The zero-order chi connectivity index (χ0) is 28.4. The van der Waals surface area contributed by atoms with Crippen molar-refractivity contribution < 1.29 is 14.3 Å². The number of nitrogens with zero attached hydrogens (tertiary/aromatic N) is 4. The Labute approximate surface area is 235 Å². The van der Waals surface area contributed by atoms with Gasteiger partial charge in [0.25, 0.3) is 5.56 Å². The van der Waals surface area contributed by atoms with E-state index in [2.05, 4.69) is 27.2 Å². The topological polar surface area (TPSA) is 87.7 Å². The van der Waals surface area contributed by atoms with Gasteiger partial charge in [-0.2, -0.15) is 0 Å². The molecule has 9 heteroatoms. The Hall–Kier alpha value is -4.50. The fourth-order valence-electron chi connectivity index (χ4n) is 4.97. The van der Waals surface area contributed by atoms with Crippen LogP contribution in [-0.4, -0.2) is 33.3 Å². The number of thiazole rings is 1. The summed E-state index contributed by atoms with van der Waals surface area (Å²) in [4.78, 5) is 36.5. The Kier molecular flexibility index (Phi) is 7.66. The quantitative estimate of drug-likeness (QED) is 0.241. The number of benzene rings is 1. The third-order valence-corrected chi connectivity index (χ3v) is 7.72. The maximum Gasteiger partial charge on any atom is 0.338 e. The van der Waals surface area contributed by atoms with Crippen molar-refractivity contribution in [1.29, 1.82) is 0 Å². The van der Waals surface area contributed by atoms with Gasteiger partial charge in [0.15, 0.2) is 4.80 Å². The van der Waals surface area contributed by atoms with Crippen molar-refractivity contribution in [2.75, 3.05) is 13.2 Å². The highest BCUT2D eigenvalue weighted by atomic mass is 32.1. The van der Waals surface area contributed by atoms with E-state index in [4.69, 9.17) is 9.47 Å². The van der Waals surface area contributed by atoms with E-state index in [1.807, 2.05) is 62.5 Å². The number of carbonyl (C=O) groups excluding carboxylic acids is 1. The Bertz CT molecular complexity index is 1790. The Morgan fingerprint density at radius 2 is 1.95 bits per heavy atom. The first-order valence-electron chi connectivity index (χ1n) is 13.0. The summed E-state index contributed by atoms with van der Waals surface area (Å²) in [5, 5.41) is 0. The van der Waals surface area contributed by atoms with Crippen molar-refractivity contribution in [2.24, 2.45) is 4.99 Å². The van der Waals surface area contributed by atoms with E-state index in [1.54, 1.807) is 30.7 Å². The molecule has 0 saturated carbocycles. The molecule has 0 unspecified atom stereocenters. The van der Waals surface area contributed by atoms with Gasteiger partial charge in [0.05, 0.1) is 40.3 Å². The molecule has 4 heterocycles. The zero-order valence-electron chi connectivity index (χ0n) is 22.9. The molecule has 5 rings (SSSR count). The average molecular weight is 555 g/mol. The molecule has 0 fully saturated rings. The maximum absolute atomic E-state index is 14.0. The van der Waals surface area contributed by atoms with Gasteiger partial charge in [0, 0.05) is 17.6 Å². The third-order valence-electron chi connectivity index (χ3n) is 6.74. The molecule has 1 aromatic carbocycles. The lowest BCUT2D eigenvalue weighted by atomic mass is 9.96. The first kappa shape index (κ1) is 27.1. The lowest BCUT2D eigenvalue weighted by Gasteiger charge is -2.24. The van der Waals surface area contributed by atoms with Crippen LogP contribution in [-0.2, 0) is 9.53 Å². The summed E-state index contributed by atoms with van der Waals surface area (Å²) >= 11 is 1.30. The normalized spacial score (nSPS) is 15.0. The number of ether oxygens (including phenoxy) is 2. The molecule has 1 aliphatic rings. The largest absolute Gasteiger partial charge is 0.490 e. The smallest absolute Gasteiger partial charge is 0.338 e. The summed E-state index contributed by atoms with van der Waals surface area (Å²) in [5.74, 6) is 0.174. The third kappa shape index (κ3) is 4.96. The highest BCUT2D eigenvalue weighted by molar-refractivity contribution is 7.07. The molecule has 40 heavy (non-hydrogen) atoms. The number of esters is 1. The number of fused-ring (bicyclic) bond motifs is 1. The summed E-state index contributed by atoms with van der Waals surface area (Å²) in [5.41, 5.74) is 5.30. The molecule has 0 spiro atoms. The molecule has 4 aromatic rings. The van der Waals surface area contributed by atoms with Crippen LogP contribution in [0.15, 0.2) is 88.6 Å². The molecule has 0 N–H and O–H groups in total. The van der Waals surface area contributed by atoms with Crippen molar-refractivity contribution >= 4 is 23.4 Å². The summed E-state index contributed by atoms with van der Waals surface area (Å²) in [6, 6.07) is 12.6. The monoisotopic (exact) mass is 554 g/mol. The second-order valence-corrected chi connectivity index (χ2v) is 10.4. The van der Waals surface area contributed by atoms with E-state index in [0.29, 0.717) is 33.0 Å². The van der Waals surface area contributed by atoms with Crippen LogP contribution in [0.5, 0.6) is 5.75 Å². The number of aryl methyl sites for hydroxylation is 1. The van der Waals surface area contributed by atoms with E-state index in [0.717, 1.165) is 28.2 Å². The fourth-order valence-corrected chi connectivity index (χ4v) is 6.00. The van der Waals surface area contributed by atoms with Gasteiger partial charge in [-0.25, -0.2) is 9.79 Å². The van der Waals surface area contributed by atoms with Crippen LogP contribution < -0.4 is 19.6 Å². The van der Waals surface area contributed by atoms with Crippen LogP contribution in [0.3, 0.4) is 0 Å². The van der Waals surface area contributed by atoms with E-state index in [-0.39, 0.29) is 12.2 Å². The first-order valence-corrected chi connectivity index (χ1v) is 13.8. The summed E-state index contributed by atoms with van der Waals surface area (Å²) in [6.07, 6.45) is 7.12. The van der Waals surface area contributed by atoms with Gasteiger partial charge in [-0.1, -0.05) is 36.1 Å². The van der Waals surface area contributed by atoms with Crippen molar-refractivity contribution in [3.63, 3.8) is 0 Å². The van der Waals surface area contributed by atoms with Crippen LogP contribution >= 0.6 is 11.3 Å². The number of carbonyl (C=O) groups is 1. The van der Waals surface area contributed by atoms with Gasteiger partial charge in [-0.15, -0.1) is 0 Å². The van der Waals surface area contributed by atoms with E-state index < -0.39 is 12.0 Å². The molecule has 1 aliphatic heterocycles. The molecule has 0 radical (unpaired) electrons. The molecule has 204 valence electrons. The highest BCUT2D eigenvalue weighted by Gasteiger charge is 2.33. The van der Waals surface area contributed by atoms with Crippen molar-refractivity contribution in [1.82, 2.24) is 14.1 Å². The van der Waals surface area contributed by atoms with Crippen molar-refractivity contribution in [3.05, 3.63) is 121 Å². The molecule has 0 aliphatic carbocycles. The first-order chi connectivity index (χ1) is 19.3. The van der Waals surface area contributed by atoms with Gasteiger partial charge in [0.1, 0.15) is 12.4 Å². The Morgan fingerprint density at radius 1 is 1.18 bits per heavy atom. The maximum atomic E-state index is 14.0. The number of pyridine rings is 1. The molecular formula is C31H30N4O4S. The standard InChI is InChI=1S/C31H30N4O4S/c1-6-15-39-25-12-10-22(11-13-25)28-27(30(37)38-7-2)20(4)33-31-35(28)29(36)26(40-31)17-23-16-19(3)34(21(23)5)24-9-8-14-32-18-24/h6,8-14,16-18,28H,1,7,15H2,2-5H3/b26-17+/t28-/m0/s1. The SMILES string of the molecule is C=CCOc1ccc([C@H]2C(C(=O)OCC)=C(C)N=c3s/c(=C/c4cc(C)n(-c5cccnc5)c4C)c(=O)n32)cc1. The zero-order valence-corrected chi connectivity index (χ0v) is 23.7. The lowest BCUT2D eigenvalue weighted by molar-refractivity contribution is -0.139. The predicted octanol–water partition coefficient (Wildman–Crippen LogP) is 4.17. The minimum absolute atomic E-state index is 0.216. The summed E-state index contributed by atoms with van der Waals surface area (Å²) in [6.45, 7) is 11.8. The van der Waals surface area contributed by atoms with Crippen LogP contribution in [0.4, 0.5) is 0 Å². The minimum Gasteiger partial charge on any atom is -0.490 e. The van der Waals surface area contributed by atoms with Crippen molar-refractivity contribution in [3.8, 4) is 11.4 Å². The fraction of sp³-hybridized carbons (Fsp3) is 0.226. The summed E-state index contributed by atoms with van der Waals surface area (Å²) < 4.78 is 15.3. The van der Waals surface area contributed by atoms with Crippen LogP contribution in [0.25, 0.3) is 11.8 Å². The van der Waals surface area contributed by atoms with Gasteiger partial charge >= 0.3 is 5.97 Å². The molecule has 0 saturated heterocycles. The number of aromatic nitrogens is 3. The Balaban J connectivity index is 1.66.